The maximum absolute atomic E-state index is 3.95. The monoisotopic (exact) mass is 186 g/mol. The molecule has 0 aromatic carbocycles. The second-order valence-electron chi connectivity index (χ2n) is 4.47. The average molecular weight is 186 g/mol. The lowest BCUT2D eigenvalue weighted by molar-refractivity contribution is -0.567. The number of rotatable bonds is 4. The smallest absolute Gasteiger partial charge is 0.156 e. The highest BCUT2D eigenvalue weighted by molar-refractivity contribution is 8.43. The van der Waals surface area contributed by atoms with Crippen LogP contribution in [-0.4, -0.2) is 35.9 Å². The normalized spacial score (nSPS) is 22.0. The largest absolute Gasteiger partial charge is 0.240 e. The lowest BCUT2D eigenvalue weighted by atomic mass is 10.0. The van der Waals surface area contributed by atoms with Gasteiger partial charge < -0.3 is 0 Å². The van der Waals surface area contributed by atoms with Gasteiger partial charge in [-0.15, -0.1) is 0 Å². The maximum Gasteiger partial charge on any atom is 0.156 e. The Morgan fingerprint density at radius 3 is 2.25 bits per heavy atom. The Bertz CT molecular complexity index is 222. The van der Waals surface area contributed by atoms with Gasteiger partial charge in [-0.2, -0.15) is 0 Å². The Labute approximate surface area is 77.5 Å². The Morgan fingerprint density at radius 1 is 1.42 bits per heavy atom. The fourth-order valence-electron chi connectivity index (χ4n) is 0.891. The second-order valence-corrected chi connectivity index (χ2v) is 7.88. The molecule has 0 bridgehead atoms. The molecule has 1 nitrogen and oxygen atoms in total. The molecular formula is C10H20NS+. The first-order chi connectivity index (χ1) is 5.36. The van der Waals surface area contributed by atoms with E-state index in [1.165, 1.54) is 12.2 Å². The van der Waals surface area contributed by atoms with Gasteiger partial charge in [-0.25, -0.2) is 14.6 Å². The summed E-state index contributed by atoms with van der Waals surface area (Å²) in [6.07, 6.45) is 3.61. The molecule has 1 aliphatic heterocycles. The highest BCUT2D eigenvalue weighted by Gasteiger charge is 2.30. The van der Waals surface area contributed by atoms with Crippen molar-refractivity contribution in [2.24, 2.45) is 0 Å². The molecule has 0 unspecified atom stereocenters. The van der Waals surface area contributed by atoms with E-state index in [-0.39, 0.29) is 15.6 Å². The van der Waals surface area contributed by atoms with E-state index >= 15 is 0 Å². The van der Waals surface area contributed by atoms with Gasteiger partial charge in [-0.05, 0) is 36.7 Å². The highest BCUT2D eigenvalue weighted by atomic mass is 32.3. The third-order valence-corrected chi connectivity index (χ3v) is 5.07. The van der Waals surface area contributed by atoms with E-state index in [1.807, 2.05) is 0 Å². The van der Waals surface area contributed by atoms with E-state index in [4.69, 9.17) is 0 Å². The van der Waals surface area contributed by atoms with Crippen LogP contribution in [0.1, 0.15) is 20.3 Å². The third-order valence-electron chi connectivity index (χ3n) is 2.79. The molecule has 70 valence electrons. The molecule has 1 rings (SSSR count). The van der Waals surface area contributed by atoms with Gasteiger partial charge >= 0.3 is 0 Å². The van der Waals surface area contributed by atoms with Gasteiger partial charge in [-0.3, -0.25) is 0 Å². The quantitative estimate of drug-likeness (QED) is 0.468. The summed E-state index contributed by atoms with van der Waals surface area (Å²) in [5, 5.41) is 4.73. The van der Waals surface area contributed by atoms with Crippen molar-refractivity contribution in [1.29, 1.82) is 0 Å². The number of hydrogen-bond acceptors (Lipinski definition) is 0. The molecule has 1 heterocycles. The molecule has 2 heteroatoms. The molecule has 0 aliphatic carbocycles. The van der Waals surface area contributed by atoms with Crippen LogP contribution in [0.2, 0.25) is 0 Å². The average Bonchev–Trinajstić information content (AvgIpc) is 2.66. The molecule has 0 amide bonds. The van der Waals surface area contributed by atoms with Crippen LogP contribution >= 0.6 is 10.0 Å². The minimum atomic E-state index is -0.345. The summed E-state index contributed by atoms with van der Waals surface area (Å²) in [5.41, 5.74) is 0.250. The fourth-order valence-corrected chi connectivity index (χ4v) is 2.86. The van der Waals surface area contributed by atoms with E-state index in [9.17, 15) is 0 Å². The van der Waals surface area contributed by atoms with Crippen molar-refractivity contribution < 1.29 is 4.58 Å². The van der Waals surface area contributed by atoms with Crippen molar-refractivity contribution in [3.8, 4) is 0 Å². The Kier molecular flexibility index (Phi) is 2.39. The van der Waals surface area contributed by atoms with Crippen LogP contribution in [0, 0.1) is 0 Å². The highest BCUT2D eigenvalue weighted by Crippen LogP contribution is 2.60. The SMILES string of the molecule is C=[N+](C)C(C)(C)CCS1(C)C=C1. The molecule has 0 spiro atoms. The Hall–Kier alpha value is -0.240. The van der Waals surface area contributed by atoms with Gasteiger partial charge in [0.25, 0.3) is 0 Å². The van der Waals surface area contributed by atoms with Crippen molar-refractivity contribution >= 4 is 16.7 Å². The topological polar surface area (TPSA) is 3.01 Å². The standard InChI is InChI=1S/C10H20NS/c1-10(2,11(3)4)6-7-12(5)8-9-12/h8-9H,3,6-7H2,1-2,4-5H3/q+1. The maximum atomic E-state index is 3.95. The van der Waals surface area contributed by atoms with E-state index in [2.05, 4.69) is 49.3 Å². The van der Waals surface area contributed by atoms with Gasteiger partial charge in [0.2, 0.25) is 0 Å². The summed E-state index contributed by atoms with van der Waals surface area (Å²) in [6.45, 7) is 8.46. The summed E-state index contributed by atoms with van der Waals surface area (Å²) < 4.78 is 2.07. The molecule has 12 heavy (non-hydrogen) atoms. The van der Waals surface area contributed by atoms with E-state index < -0.39 is 0 Å². The van der Waals surface area contributed by atoms with Crippen molar-refractivity contribution in [1.82, 2.24) is 0 Å². The van der Waals surface area contributed by atoms with Crippen LogP contribution in [-0.2, 0) is 0 Å². The summed E-state index contributed by atoms with van der Waals surface area (Å²) in [4.78, 5) is 0. The van der Waals surface area contributed by atoms with E-state index in [0.29, 0.717) is 0 Å². The lowest BCUT2D eigenvalue weighted by Gasteiger charge is -2.23. The molecule has 0 radical (unpaired) electrons. The van der Waals surface area contributed by atoms with Crippen LogP contribution < -0.4 is 0 Å². The van der Waals surface area contributed by atoms with Crippen LogP contribution in [0.4, 0.5) is 0 Å². The Balaban J connectivity index is 2.35. The van der Waals surface area contributed by atoms with Gasteiger partial charge in [0.15, 0.2) is 5.54 Å². The molecule has 1 aliphatic rings. The van der Waals surface area contributed by atoms with Crippen LogP contribution in [0.25, 0.3) is 0 Å². The summed E-state index contributed by atoms with van der Waals surface area (Å²) in [5.74, 6) is 1.33. The zero-order chi connectivity index (χ0) is 9.41. The van der Waals surface area contributed by atoms with Crippen LogP contribution in [0.5, 0.6) is 0 Å². The summed E-state index contributed by atoms with van der Waals surface area (Å²) in [7, 11) is 1.71. The number of hydrogen-bond donors (Lipinski definition) is 0. The minimum Gasteiger partial charge on any atom is -0.240 e. The predicted molar refractivity (Wildman–Crippen MR) is 59.5 cm³/mol. The molecule has 0 fully saturated rings. The molecule has 0 atom stereocenters. The first-order valence-electron chi connectivity index (χ1n) is 4.34. The van der Waals surface area contributed by atoms with Crippen molar-refractivity contribution in [2.45, 2.75) is 25.8 Å². The zero-order valence-electron chi connectivity index (χ0n) is 8.63. The van der Waals surface area contributed by atoms with Gasteiger partial charge in [-0.1, -0.05) is 0 Å². The third kappa shape index (κ3) is 2.37. The molecule has 0 N–H and O–H groups in total. The van der Waals surface area contributed by atoms with Gasteiger partial charge in [0.1, 0.15) is 13.8 Å². The first kappa shape index (κ1) is 9.85. The summed E-state index contributed by atoms with van der Waals surface area (Å²) >= 11 is 0. The van der Waals surface area contributed by atoms with Gasteiger partial charge in [0.05, 0.1) is 0 Å². The van der Waals surface area contributed by atoms with Crippen LogP contribution in [0.15, 0.2) is 10.8 Å². The molecule has 0 aromatic heterocycles. The zero-order valence-corrected chi connectivity index (χ0v) is 9.45. The van der Waals surface area contributed by atoms with E-state index in [0.717, 1.165) is 0 Å². The van der Waals surface area contributed by atoms with Crippen LogP contribution in [0.3, 0.4) is 0 Å². The predicted octanol–water partition coefficient (Wildman–Crippen LogP) is 2.42. The fraction of sp³-hybridized carbons (Fsp3) is 0.700. The number of nitrogens with zero attached hydrogens (tertiary/aromatic N) is 1. The van der Waals surface area contributed by atoms with Crippen molar-refractivity contribution in [3.63, 3.8) is 0 Å². The Morgan fingerprint density at radius 2 is 1.92 bits per heavy atom. The lowest BCUT2D eigenvalue weighted by Crippen LogP contribution is -2.33. The van der Waals surface area contributed by atoms with E-state index in [1.54, 1.807) is 0 Å². The molecule has 0 aromatic rings. The molecule has 0 saturated carbocycles. The molecule has 0 saturated heterocycles. The summed E-state index contributed by atoms with van der Waals surface area (Å²) in [6, 6.07) is 0. The first-order valence-corrected chi connectivity index (χ1v) is 6.68. The van der Waals surface area contributed by atoms with Crippen molar-refractivity contribution in [3.05, 3.63) is 10.8 Å². The minimum absolute atomic E-state index is 0.250. The molecular weight excluding hydrogens is 166 g/mol. The van der Waals surface area contributed by atoms with Crippen molar-refractivity contribution in [2.75, 3.05) is 19.1 Å². The van der Waals surface area contributed by atoms with Gasteiger partial charge in [0, 0.05) is 6.42 Å². The second kappa shape index (κ2) is 2.91.